The van der Waals surface area contributed by atoms with Crippen molar-refractivity contribution in [3.63, 3.8) is 0 Å². The molecule has 0 saturated carbocycles. The Balaban J connectivity index is 1.35. The number of nitrogens with zero attached hydrogens (tertiary/aromatic N) is 2. The van der Waals surface area contributed by atoms with Gasteiger partial charge in [0.15, 0.2) is 0 Å². The summed E-state index contributed by atoms with van der Waals surface area (Å²) in [6, 6.07) is 22.8. The van der Waals surface area contributed by atoms with Crippen LogP contribution in [0.5, 0.6) is 0 Å². The number of aliphatic hydroxyl groups is 1. The topological polar surface area (TPSA) is 125 Å². The van der Waals surface area contributed by atoms with Gasteiger partial charge in [-0.05, 0) is 55.2 Å². The van der Waals surface area contributed by atoms with E-state index >= 15 is 4.79 Å². The summed E-state index contributed by atoms with van der Waals surface area (Å²) in [6.45, 7) is 1.47. The number of carbonyl (C=O) groups is 4. The van der Waals surface area contributed by atoms with Gasteiger partial charge in [0, 0.05) is 23.7 Å². The van der Waals surface area contributed by atoms with Crippen LogP contribution < -0.4 is 10.2 Å². The van der Waals surface area contributed by atoms with Gasteiger partial charge in [0.1, 0.15) is 23.7 Å². The molecule has 4 aliphatic heterocycles. The first kappa shape index (κ1) is 34.7. The maximum Gasteiger partial charge on any atom is 0.313 e. The highest BCUT2D eigenvalue weighted by Crippen LogP contribution is 2.56. The van der Waals surface area contributed by atoms with Crippen LogP contribution >= 0.6 is 11.6 Å². The van der Waals surface area contributed by atoms with Crippen molar-refractivity contribution in [3.05, 3.63) is 125 Å². The number of hydrogen-bond donors (Lipinski definition) is 2. The molecule has 3 amide bonds. The second-order valence-electron chi connectivity index (χ2n) is 13.5. The molecule has 0 radical (unpaired) electrons. The normalized spacial score (nSPS) is 30.6. The fourth-order valence-electron chi connectivity index (χ4n) is 8.00. The van der Waals surface area contributed by atoms with Gasteiger partial charge in [0.05, 0.1) is 30.7 Å². The van der Waals surface area contributed by atoms with Gasteiger partial charge in [0.2, 0.25) is 11.8 Å². The fraction of sp³-hybridized carbons (Fsp3) is 0.350. The molecule has 8 atom stereocenters. The van der Waals surface area contributed by atoms with Gasteiger partial charge in [-0.1, -0.05) is 96.6 Å². The smallest absolute Gasteiger partial charge is 0.313 e. The lowest BCUT2D eigenvalue weighted by Crippen LogP contribution is -2.59. The maximum atomic E-state index is 15.1. The Bertz CT molecular complexity index is 1840. The summed E-state index contributed by atoms with van der Waals surface area (Å²) in [4.78, 5) is 60.5. The molecule has 51 heavy (non-hydrogen) atoms. The van der Waals surface area contributed by atoms with E-state index in [9.17, 15) is 19.5 Å². The van der Waals surface area contributed by atoms with Crippen molar-refractivity contribution in [2.45, 2.75) is 62.1 Å². The van der Waals surface area contributed by atoms with Crippen LogP contribution in [0.4, 0.5) is 5.69 Å². The molecule has 0 unspecified atom stereocenters. The number of fused-ring (bicyclic) bond motifs is 2. The third-order valence-electron chi connectivity index (χ3n) is 10.3. The molecule has 4 heterocycles. The summed E-state index contributed by atoms with van der Waals surface area (Å²) in [5, 5.41) is 14.3. The molecule has 2 N–H and O–H groups in total. The average molecular weight is 710 g/mol. The second kappa shape index (κ2) is 14.5. The average Bonchev–Trinajstić information content (AvgIpc) is 3.79. The van der Waals surface area contributed by atoms with E-state index in [1.54, 1.807) is 48.2 Å². The maximum absolute atomic E-state index is 15.1. The number of benzene rings is 3. The van der Waals surface area contributed by atoms with E-state index in [0.29, 0.717) is 22.7 Å². The quantitative estimate of drug-likeness (QED) is 0.284. The molecule has 4 aliphatic rings. The molecule has 3 aromatic carbocycles. The summed E-state index contributed by atoms with van der Waals surface area (Å²) in [6.07, 6.45) is 6.29. The van der Waals surface area contributed by atoms with Gasteiger partial charge >= 0.3 is 5.97 Å². The lowest BCUT2D eigenvalue weighted by molar-refractivity contribution is -0.161. The van der Waals surface area contributed by atoms with Crippen LogP contribution in [0.3, 0.4) is 0 Å². The molecular formula is C40H40ClN3O7. The van der Waals surface area contributed by atoms with Crippen LogP contribution in [0.1, 0.15) is 37.0 Å². The van der Waals surface area contributed by atoms with Gasteiger partial charge in [0.25, 0.3) is 5.91 Å². The number of aliphatic hydroxyl groups excluding tert-OH is 1. The van der Waals surface area contributed by atoms with Crippen LogP contribution in [0.2, 0.25) is 5.02 Å². The van der Waals surface area contributed by atoms with E-state index in [0.717, 1.165) is 5.56 Å². The standard InChI is InChI=1S/C40H40ClN3O7/c1-25-35(27-13-7-3-8-14-27)50-39(49)33-31-20-21-40(51-31)34(33)37(47)44(30(24-45)23-26-11-5-2-6-12-26)36(40)38(48)43(29-18-16-28(41)17-19-29)22-10-4-9-15-32(46)42-25/h2-8,10-14,16-21,25,30-31,33-36,45H,9,15,22-24H2,1H3,(H,42,46)/b10-4-/t25-,30+,31+,33-,34-,35+,36+,40-/m0/s1. The molecule has 0 aromatic heterocycles. The minimum Gasteiger partial charge on any atom is -0.455 e. The minimum atomic E-state index is -1.50. The number of amides is 3. The van der Waals surface area contributed by atoms with Gasteiger partial charge in [-0.25, -0.2) is 0 Å². The highest BCUT2D eigenvalue weighted by Gasteiger charge is 2.74. The summed E-state index contributed by atoms with van der Waals surface area (Å²) >= 11 is 6.23. The Kier molecular flexibility index (Phi) is 9.83. The molecule has 2 fully saturated rings. The number of carbonyl (C=O) groups excluding carboxylic acids is 4. The SMILES string of the molecule is C[C@@H]1NC(=O)CC/C=C\CN(c2ccc(Cl)cc2)C(=O)[C@H]2N([C@@H](CO)Cc3ccccc3)C(=O)[C@@H]3[C@@H](C(=O)O[C@H]1c1ccccc1)[C@H]1C=C[C@]32O1. The molecule has 264 valence electrons. The first-order valence-electron chi connectivity index (χ1n) is 17.3. The summed E-state index contributed by atoms with van der Waals surface area (Å²) in [5.41, 5.74) is 0.583. The van der Waals surface area contributed by atoms with Gasteiger partial charge in [-0.3, -0.25) is 19.2 Å². The highest BCUT2D eigenvalue weighted by molar-refractivity contribution is 6.30. The van der Waals surface area contributed by atoms with Crippen molar-refractivity contribution in [2.24, 2.45) is 11.8 Å². The van der Waals surface area contributed by atoms with E-state index in [1.807, 2.05) is 72.8 Å². The van der Waals surface area contributed by atoms with Crippen LogP contribution in [0.15, 0.2) is 109 Å². The molecule has 1 spiro atoms. The molecule has 11 heteroatoms. The first-order valence-corrected chi connectivity index (χ1v) is 17.7. The second-order valence-corrected chi connectivity index (χ2v) is 14.0. The summed E-state index contributed by atoms with van der Waals surface area (Å²) in [5.74, 6) is -3.98. The predicted molar refractivity (Wildman–Crippen MR) is 190 cm³/mol. The van der Waals surface area contributed by atoms with Crippen molar-refractivity contribution in [1.29, 1.82) is 0 Å². The van der Waals surface area contributed by atoms with Gasteiger partial charge in [-0.15, -0.1) is 0 Å². The number of cyclic esters (lactones) is 1. The Morgan fingerprint density at radius 2 is 1.65 bits per heavy atom. The monoisotopic (exact) mass is 709 g/mol. The zero-order valence-electron chi connectivity index (χ0n) is 28.1. The van der Waals surface area contributed by atoms with E-state index in [2.05, 4.69) is 5.32 Å². The highest BCUT2D eigenvalue weighted by atomic mass is 35.5. The van der Waals surface area contributed by atoms with Crippen molar-refractivity contribution >= 4 is 41.0 Å². The first-order chi connectivity index (χ1) is 24.7. The third-order valence-corrected chi connectivity index (χ3v) is 10.6. The number of hydrogen-bond acceptors (Lipinski definition) is 7. The van der Waals surface area contributed by atoms with Crippen molar-refractivity contribution in [2.75, 3.05) is 18.1 Å². The molecular weight excluding hydrogens is 670 g/mol. The number of ether oxygens (including phenoxy) is 2. The molecule has 2 saturated heterocycles. The van der Waals surface area contributed by atoms with Crippen LogP contribution in [0, 0.1) is 11.8 Å². The summed E-state index contributed by atoms with van der Waals surface area (Å²) in [7, 11) is 0. The zero-order valence-corrected chi connectivity index (χ0v) is 28.9. The number of esters is 1. The van der Waals surface area contributed by atoms with Gasteiger partial charge in [-0.2, -0.15) is 0 Å². The predicted octanol–water partition coefficient (Wildman–Crippen LogP) is 4.57. The number of rotatable bonds is 6. The van der Waals surface area contributed by atoms with Crippen LogP contribution in [-0.4, -0.2) is 76.7 Å². The van der Waals surface area contributed by atoms with E-state index in [1.165, 1.54) is 4.90 Å². The minimum absolute atomic E-state index is 0.120. The molecule has 0 aliphatic carbocycles. The number of anilines is 1. The summed E-state index contributed by atoms with van der Waals surface area (Å²) < 4.78 is 12.9. The fourth-order valence-corrected chi connectivity index (χ4v) is 8.12. The molecule has 5 bridgehead atoms. The van der Waals surface area contributed by atoms with Crippen LogP contribution in [-0.2, 0) is 35.1 Å². The third kappa shape index (κ3) is 6.48. The Morgan fingerprint density at radius 3 is 2.35 bits per heavy atom. The lowest BCUT2D eigenvalue weighted by atomic mass is 9.74. The lowest BCUT2D eigenvalue weighted by Gasteiger charge is -2.39. The molecule has 3 aromatic rings. The number of nitrogens with one attached hydrogen (secondary N) is 1. The van der Waals surface area contributed by atoms with E-state index in [-0.39, 0.29) is 25.3 Å². The Morgan fingerprint density at radius 1 is 0.941 bits per heavy atom. The van der Waals surface area contributed by atoms with Crippen molar-refractivity contribution in [1.82, 2.24) is 10.2 Å². The van der Waals surface area contributed by atoms with Crippen molar-refractivity contribution in [3.8, 4) is 0 Å². The van der Waals surface area contributed by atoms with E-state index in [4.69, 9.17) is 21.1 Å². The number of likely N-dealkylation sites (tertiary alicyclic amines) is 1. The van der Waals surface area contributed by atoms with Gasteiger partial charge < -0.3 is 29.7 Å². The number of halogens is 1. The van der Waals surface area contributed by atoms with Crippen LogP contribution in [0.25, 0.3) is 0 Å². The number of allylic oxidation sites excluding steroid dienone is 1. The molecule has 7 rings (SSSR count). The zero-order chi connectivity index (χ0) is 35.7. The molecule has 10 nitrogen and oxygen atoms in total. The Labute approximate surface area is 301 Å². The Hall–Kier alpha value is -4.77. The van der Waals surface area contributed by atoms with E-state index < -0.39 is 72.2 Å². The largest absolute Gasteiger partial charge is 0.455 e. The van der Waals surface area contributed by atoms with Crippen molar-refractivity contribution < 1.29 is 33.8 Å².